The van der Waals surface area contributed by atoms with Crippen molar-refractivity contribution < 1.29 is 9.53 Å². The van der Waals surface area contributed by atoms with Crippen LogP contribution in [0, 0.1) is 6.92 Å². The Kier molecular flexibility index (Phi) is 4.35. The van der Waals surface area contributed by atoms with Crippen molar-refractivity contribution in [3.05, 3.63) is 23.8 Å². The maximum atomic E-state index is 11.5. The smallest absolute Gasteiger partial charge is 0.265 e. The molecular weight excluding hydrogens is 202 g/mol. The van der Waals surface area contributed by atoms with Crippen molar-refractivity contribution in [3.8, 4) is 5.75 Å². The van der Waals surface area contributed by atoms with E-state index in [2.05, 4.69) is 5.32 Å². The summed E-state index contributed by atoms with van der Waals surface area (Å²) in [6.45, 7) is 7.92. The first-order chi connectivity index (χ1) is 7.70. The molecule has 0 radical (unpaired) electrons. The lowest BCUT2D eigenvalue weighted by molar-refractivity contribution is -0.123. The summed E-state index contributed by atoms with van der Waals surface area (Å²) in [5.74, 6) is 0.715. The molecule has 1 amide bonds. The molecule has 88 valence electrons. The van der Waals surface area contributed by atoms with Crippen LogP contribution in [-0.2, 0) is 4.79 Å². The van der Waals surface area contributed by atoms with Crippen molar-refractivity contribution in [1.82, 2.24) is 0 Å². The van der Waals surface area contributed by atoms with E-state index < -0.39 is 0 Å². The van der Waals surface area contributed by atoms with Crippen LogP contribution in [0.4, 0.5) is 5.69 Å². The Morgan fingerprint density at radius 2 is 2.06 bits per heavy atom. The molecule has 0 saturated heterocycles. The Balaban J connectivity index is 0.000000606. The number of rotatable bonds is 1. The monoisotopic (exact) mass is 221 g/mol. The molecule has 3 nitrogen and oxygen atoms in total. The summed E-state index contributed by atoms with van der Waals surface area (Å²) >= 11 is 0. The highest BCUT2D eigenvalue weighted by Crippen LogP contribution is 2.30. The van der Waals surface area contributed by atoms with Gasteiger partial charge in [0, 0.05) is 0 Å². The van der Waals surface area contributed by atoms with E-state index in [4.69, 9.17) is 4.74 Å². The molecule has 1 aromatic carbocycles. The fraction of sp³-hybridized carbons (Fsp3) is 0.462. The van der Waals surface area contributed by atoms with Crippen LogP contribution in [0.5, 0.6) is 5.75 Å². The normalized spacial score (nSPS) is 17.5. The number of anilines is 1. The third-order valence-corrected chi connectivity index (χ3v) is 2.33. The standard InChI is InChI=1S/C11H13NO2.C2H6/c1-3-9-11(13)12-8-6-7(2)4-5-10(8)14-9;1-2/h4-6,9H,3H2,1-2H3,(H,12,13);1-2H3. The predicted octanol–water partition coefficient (Wildman–Crippen LogP) is 3.13. The molecule has 0 aliphatic carbocycles. The number of carbonyl (C=O) groups is 1. The Morgan fingerprint density at radius 1 is 1.38 bits per heavy atom. The summed E-state index contributed by atoms with van der Waals surface area (Å²) in [5, 5.41) is 2.84. The summed E-state index contributed by atoms with van der Waals surface area (Å²) < 4.78 is 5.54. The lowest BCUT2D eigenvalue weighted by atomic mass is 10.1. The fourth-order valence-electron chi connectivity index (χ4n) is 1.53. The average Bonchev–Trinajstić information content (AvgIpc) is 2.30. The van der Waals surface area contributed by atoms with E-state index in [0.717, 1.165) is 17.0 Å². The van der Waals surface area contributed by atoms with E-state index in [9.17, 15) is 4.79 Å². The van der Waals surface area contributed by atoms with Gasteiger partial charge in [-0.2, -0.15) is 0 Å². The Labute approximate surface area is 96.8 Å². The topological polar surface area (TPSA) is 38.3 Å². The highest BCUT2D eigenvalue weighted by atomic mass is 16.5. The molecule has 1 unspecified atom stereocenters. The van der Waals surface area contributed by atoms with Crippen LogP contribution in [0.15, 0.2) is 18.2 Å². The van der Waals surface area contributed by atoms with E-state index in [1.807, 2.05) is 45.9 Å². The van der Waals surface area contributed by atoms with E-state index in [1.54, 1.807) is 0 Å². The van der Waals surface area contributed by atoms with Crippen LogP contribution in [0.25, 0.3) is 0 Å². The van der Waals surface area contributed by atoms with Crippen molar-refractivity contribution >= 4 is 11.6 Å². The first-order valence-corrected chi connectivity index (χ1v) is 5.79. The lowest BCUT2D eigenvalue weighted by Crippen LogP contribution is -2.36. The van der Waals surface area contributed by atoms with Gasteiger partial charge < -0.3 is 10.1 Å². The zero-order valence-electron chi connectivity index (χ0n) is 10.3. The number of benzene rings is 1. The molecule has 0 fully saturated rings. The van der Waals surface area contributed by atoms with E-state index in [1.165, 1.54) is 0 Å². The minimum atomic E-state index is -0.342. The number of amides is 1. The van der Waals surface area contributed by atoms with Crippen LogP contribution < -0.4 is 10.1 Å². The number of fused-ring (bicyclic) bond motifs is 1. The van der Waals surface area contributed by atoms with Crippen LogP contribution in [0.2, 0.25) is 0 Å². The molecule has 1 N–H and O–H groups in total. The van der Waals surface area contributed by atoms with Crippen molar-refractivity contribution in [2.75, 3.05) is 5.32 Å². The van der Waals surface area contributed by atoms with Crippen molar-refractivity contribution in [2.45, 2.75) is 40.2 Å². The zero-order chi connectivity index (χ0) is 12.1. The van der Waals surface area contributed by atoms with Gasteiger partial charge in [0.25, 0.3) is 5.91 Å². The van der Waals surface area contributed by atoms with Gasteiger partial charge in [-0.1, -0.05) is 26.8 Å². The SMILES string of the molecule is CC.CCC1Oc2ccc(C)cc2NC1=O. The number of hydrogen-bond acceptors (Lipinski definition) is 2. The molecule has 2 rings (SSSR count). The molecule has 1 aromatic rings. The quantitative estimate of drug-likeness (QED) is 0.791. The summed E-state index contributed by atoms with van der Waals surface area (Å²) in [7, 11) is 0. The molecule has 16 heavy (non-hydrogen) atoms. The van der Waals surface area contributed by atoms with Gasteiger partial charge in [0.05, 0.1) is 5.69 Å². The molecule has 0 saturated carbocycles. The average molecular weight is 221 g/mol. The van der Waals surface area contributed by atoms with Gasteiger partial charge in [0.15, 0.2) is 6.10 Å². The second-order valence-electron chi connectivity index (χ2n) is 3.50. The van der Waals surface area contributed by atoms with Gasteiger partial charge in [-0.05, 0) is 31.0 Å². The second kappa shape index (κ2) is 5.54. The Morgan fingerprint density at radius 3 is 2.69 bits per heavy atom. The van der Waals surface area contributed by atoms with Gasteiger partial charge in [0.1, 0.15) is 5.75 Å². The van der Waals surface area contributed by atoms with Gasteiger partial charge in [-0.15, -0.1) is 0 Å². The van der Waals surface area contributed by atoms with Crippen molar-refractivity contribution in [3.63, 3.8) is 0 Å². The molecule has 0 aromatic heterocycles. The molecule has 1 aliphatic heterocycles. The summed E-state index contributed by atoms with van der Waals surface area (Å²) in [6.07, 6.45) is 0.351. The van der Waals surface area contributed by atoms with E-state index in [0.29, 0.717) is 6.42 Å². The highest BCUT2D eigenvalue weighted by Gasteiger charge is 2.25. The predicted molar refractivity (Wildman–Crippen MR) is 65.9 cm³/mol. The largest absolute Gasteiger partial charge is 0.478 e. The number of carbonyl (C=O) groups excluding carboxylic acids is 1. The summed E-state index contributed by atoms with van der Waals surface area (Å²) in [5.41, 5.74) is 1.89. The van der Waals surface area contributed by atoms with Gasteiger partial charge in [-0.25, -0.2) is 0 Å². The number of aryl methyl sites for hydroxylation is 1. The molecule has 0 spiro atoms. The molecule has 3 heteroatoms. The molecule has 1 heterocycles. The number of hydrogen-bond donors (Lipinski definition) is 1. The minimum absolute atomic E-state index is 0.0504. The molecule has 1 aliphatic rings. The maximum absolute atomic E-state index is 11.5. The molecular formula is C13H19NO2. The minimum Gasteiger partial charge on any atom is -0.478 e. The summed E-state index contributed by atoms with van der Waals surface area (Å²) in [6, 6.07) is 5.79. The van der Waals surface area contributed by atoms with Crippen molar-refractivity contribution in [2.24, 2.45) is 0 Å². The number of nitrogens with one attached hydrogen (secondary N) is 1. The van der Waals surface area contributed by atoms with E-state index in [-0.39, 0.29) is 12.0 Å². The van der Waals surface area contributed by atoms with Crippen molar-refractivity contribution in [1.29, 1.82) is 0 Å². The van der Waals surface area contributed by atoms with Gasteiger partial charge in [-0.3, -0.25) is 4.79 Å². The Bertz CT molecular complexity index is 374. The lowest BCUT2D eigenvalue weighted by Gasteiger charge is -2.25. The van der Waals surface area contributed by atoms with Crippen LogP contribution in [0.3, 0.4) is 0 Å². The third kappa shape index (κ3) is 2.54. The first kappa shape index (κ1) is 12.6. The van der Waals surface area contributed by atoms with E-state index >= 15 is 0 Å². The van der Waals surface area contributed by atoms with Crippen LogP contribution in [-0.4, -0.2) is 12.0 Å². The third-order valence-electron chi connectivity index (χ3n) is 2.33. The maximum Gasteiger partial charge on any atom is 0.265 e. The second-order valence-corrected chi connectivity index (χ2v) is 3.50. The number of ether oxygens (including phenoxy) is 1. The highest BCUT2D eigenvalue weighted by molar-refractivity contribution is 5.97. The zero-order valence-corrected chi connectivity index (χ0v) is 10.3. The summed E-state index contributed by atoms with van der Waals surface area (Å²) in [4.78, 5) is 11.5. The van der Waals surface area contributed by atoms with Crippen LogP contribution in [0.1, 0.15) is 32.8 Å². The van der Waals surface area contributed by atoms with Gasteiger partial charge >= 0.3 is 0 Å². The first-order valence-electron chi connectivity index (χ1n) is 5.79. The molecule has 0 bridgehead atoms. The molecule has 1 atom stereocenters. The van der Waals surface area contributed by atoms with Crippen LogP contribution >= 0.6 is 0 Å². The van der Waals surface area contributed by atoms with Gasteiger partial charge in [0.2, 0.25) is 0 Å². The fourth-order valence-corrected chi connectivity index (χ4v) is 1.53. The Hall–Kier alpha value is -1.51.